The summed E-state index contributed by atoms with van der Waals surface area (Å²) >= 11 is 0. The average Bonchev–Trinajstić information content (AvgIpc) is 2.93. The number of aromatic nitrogens is 2. The molecule has 0 N–H and O–H groups in total. The lowest BCUT2D eigenvalue weighted by Crippen LogP contribution is -2.42. The second kappa shape index (κ2) is 5.99. The number of nitrogens with zero attached hydrogens (tertiary/aromatic N) is 3. The van der Waals surface area contributed by atoms with E-state index in [1.54, 1.807) is 7.11 Å². The molecule has 0 aromatic carbocycles. The molecule has 0 bridgehead atoms. The van der Waals surface area contributed by atoms with Gasteiger partial charge in [0.2, 0.25) is 0 Å². The number of pyridine rings is 1. The van der Waals surface area contributed by atoms with Crippen LogP contribution < -0.4 is 4.74 Å². The summed E-state index contributed by atoms with van der Waals surface area (Å²) in [5.41, 5.74) is 2.24. The van der Waals surface area contributed by atoms with E-state index >= 15 is 0 Å². The predicted molar refractivity (Wildman–Crippen MR) is 85.5 cm³/mol. The highest BCUT2D eigenvalue weighted by Crippen LogP contribution is 2.25. The van der Waals surface area contributed by atoms with Gasteiger partial charge in [-0.25, -0.2) is 4.98 Å². The third-order valence-corrected chi connectivity index (χ3v) is 4.51. The highest BCUT2D eigenvalue weighted by molar-refractivity contribution is 5.95. The minimum Gasteiger partial charge on any atom is -0.493 e. The zero-order chi connectivity index (χ0) is 15.7. The van der Waals surface area contributed by atoms with E-state index < -0.39 is 0 Å². The fraction of sp³-hybridized carbons (Fsp3) is 0.529. The van der Waals surface area contributed by atoms with E-state index in [0.717, 1.165) is 37.1 Å². The molecule has 0 saturated carbocycles. The molecule has 1 unspecified atom stereocenters. The second-order valence-electron chi connectivity index (χ2n) is 5.87. The number of hydrogen-bond donors (Lipinski definition) is 0. The van der Waals surface area contributed by atoms with E-state index in [1.165, 1.54) is 6.42 Å². The number of carbonyl (C=O) groups is 1. The first-order chi connectivity index (χ1) is 10.7. The van der Waals surface area contributed by atoms with Crippen LogP contribution in [0.3, 0.4) is 0 Å². The second-order valence-corrected chi connectivity index (χ2v) is 5.87. The van der Waals surface area contributed by atoms with Crippen LogP contribution in [0.2, 0.25) is 0 Å². The molecule has 1 saturated heterocycles. The van der Waals surface area contributed by atoms with Crippen molar-refractivity contribution < 1.29 is 9.53 Å². The molecule has 3 heterocycles. The van der Waals surface area contributed by atoms with E-state index in [-0.39, 0.29) is 5.91 Å². The SMILES string of the molecule is CCc1nc2c(OC)cccn2c1C(=O)N1CCCCC1C. The molecule has 0 aliphatic carbocycles. The number of ether oxygens (including phenoxy) is 1. The van der Waals surface area contributed by atoms with Gasteiger partial charge in [-0.3, -0.25) is 9.20 Å². The van der Waals surface area contributed by atoms with Crippen molar-refractivity contribution in [2.45, 2.75) is 45.6 Å². The number of imidazole rings is 1. The van der Waals surface area contributed by atoms with Crippen LogP contribution in [0.1, 0.15) is 49.3 Å². The van der Waals surface area contributed by atoms with Crippen molar-refractivity contribution in [1.29, 1.82) is 0 Å². The maximum absolute atomic E-state index is 13.1. The molecular formula is C17H23N3O2. The summed E-state index contributed by atoms with van der Waals surface area (Å²) in [7, 11) is 1.63. The molecule has 5 heteroatoms. The van der Waals surface area contributed by atoms with Crippen molar-refractivity contribution in [2.24, 2.45) is 0 Å². The van der Waals surface area contributed by atoms with Gasteiger partial charge in [0.1, 0.15) is 5.69 Å². The van der Waals surface area contributed by atoms with Gasteiger partial charge in [-0.05, 0) is 44.7 Å². The Balaban J connectivity index is 2.10. The summed E-state index contributed by atoms with van der Waals surface area (Å²) in [4.78, 5) is 19.7. The average molecular weight is 301 g/mol. The maximum Gasteiger partial charge on any atom is 0.273 e. The Bertz CT molecular complexity index is 693. The largest absolute Gasteiger partial charge is 0.493 e. The van der Waals surface area contributed by atoms with Crippen molar-refractivity contribution in [2.75, 3.05) is 13.7 Å². The minimum absolute atomic E-state index is 0.0878. The van der Waals surface area contributed by atoms with Crippen molar-refractivity contribution >= 4 is 11.6 Å². The van der Waals surface area contributed by atoms with Crippen molar-refractivity contribution in [1.82, 2.24) is 14.3 Å². The first-order valence-corrected chi connectivity index (χ1v) is 8.02. The molecule has 1 aliphatic rings. The van der Waals surface area contributed by atoms with Crippen molar-refractivity contribution in [3.05, 3.63) is 29.7 Å². The number of amides is 1. The lowest BCUT2D eigenvalue weighted by molar-refractivity contribution is 0.0627. The molecule has 2 aromatic heterocycles. The van der Waals surface area contributed by atoms with Gasteiger partial charge in [-0.1, -0.05) is 6.92 Å². The fourth-order valence-electron chi connectivity index (χ4n) is 3.26. The summed E-state index contributed by atoms with van der Waals surface area (Å²) in [6.07, 6.45) is 5.98. The standard InChI is InChI=1S/C17H23N3O2/c1-4-13-15(17(21)19-10-6-5-8-12(19)2)20-11-7-9-14(22-3)16(20)18-13/h7,9,11-12H,4-6,8,10H2,1-3H3. The smallest absolute Gasteiger partial charge is 0.273 e. The minimum atomic E-state index is 0.0878. The third kappa shape index (κ3) is 2.34. The van der Waals surface area contributed by atoms with Crippen LogP contribution in [0.15, 0.2) is 18.3 Å². The zero-order valence-corrected chi connectivity index (χ0v) is 13.5. The molecular weight excluding hydrogens is 278 g/mol. The van der Waals surface area contributed by atoms with E-state index in [9.17, 15) is 4.79 Å². The topological polar surface area (TPSA) is 46.8 Å². The van der Waals surface area contributed by atoms with Crippen LogP contribution in [0, 0.1) is 0 Å². The summed E-state index contributed by atoms with van der Waals surface area (Å²) in [6, 6.07) is 4.06. The number of rotatable bonds is 3. The molecule has 0 spiro atoms. The first-order valence-electron chi connectivity index (χ1n) is 8.02. The summed E-state index contributed by atoms with van der Waals surface area (Å²) < 4.78 is 7.25. The molecule has 2 aromatic rings. The Hall–Kier alpha value is -2.04. The van der Waals surface area contributed by atoms with Gasteiger partial charge in [0, 0.05) is 18.8 Å². The Labute approximate surface area is 130 Å². The molecule has 22 heavy (non-hydrogen) atoms. The van der Waals surface area contributed by atoms with Crippen LogP contribution in [0.4, 0.5) is 0 Å². The van der Waals surface area contributed by atoms with E-state index in [4.69, 9.17) is 4.74 Å². The van der Waals surface area contributed by atoms with Crippen LogP contribution in [0.25, 0.3) is 5.65 Å². The van der Waals surface area contributed by atoms with Crippen LogP contribution in [-0.4, -0.2) is 39.9 Å². The van der Waals surface area contributed by atoms with Gasteiger partial charge >= 0.3 is 0 Å². The summed E-state index contributed by atoms with van der Waals surface area (Å²) in [5, 5.41) is 0. The van der Waals surface area contributed by atoms with Gasteiger partial charge in [0.05, 0.1) is 12.8 Å². The molecule has 0 radical (unpaired) electrons. The zero-order valence-electron chi connectivity index (χ0n) is 13.5. The number of methoxy groups -OCH3 is 1. The predicted octanol–water partition coefficient (Wildman–Crippen LogP) is 2.92. The highest BCUT2D eigenvalue weighted by Gasteiger charge is 2.29. The third-order valence-electron chi connectivity index (χ3n) is 4.51. The van der Waals surface area contributed by atoms with Crippen molar-refractivity contribution in [3.8, 4) is 5.75 Å². The highest BCUT2D eigenvalue weighted by atomic mass is 16.5. The van der Waals surface area contributed by atoms with Gasteiger partial charge in [-0.2, -0.15) is 0 Å². The lowest BCUT2D eigenvalue weighted by Gasteiger charge is -2.33. The molecule has 1 fully saturated rings. The van der Waals surface area contributed by atoms with E-state index in [0.29, 0.717) is 17.5 Å². The summed E-state index contributed by atoms with van der Waals surface area (Å²) in [5.74, 6) is 0.785. The Morgan fingerprint density at radius 1 is 1.45 bits per heavy atom. The number of piperidine rings is 1. The Kier molecular flexibility index (Phi) is 4.05. The maximum atomic E-state index is 13.1. The number of likely N-dealkylation sites (tertiary alicyclic amines) is 1. The van der Waals surface area contributed by atoms with E-state index in [1.807, 2.05) is 34.6 Å². The molecule has 5 nitrogen and oxygen atoms in total. The van der Waals surface area contributed by atoms with Gasteiger partial charge < -0.3 is 9.64 Å². The Morgan fingerprint density at radius 2 is 2.27 bits per heavy atom. The van der Waals surface area contributed by atoms with Gasteiger partial charge in [0.25, 0.3) is 5.91 Å². The number of aryl methyl sites for hydroxylation is 1. The number of hydrogen-bond acceptors (Lipinski definition) is 3. The molecule has 1 aliphatic heterocycles. The normalized spacial score (nSPS) is 18.7. The fourth-order valence-corrected chi connectivity index (χ4v) is 3.26. The lowest BCUT2D eigenvalue weighted by atomic mass is 10.0. The van der Waals surface area contributed by atoms with Crippen molar-refractivity contribution in [3.63, 3.8) is 0 Å². The Morgan fingerprint density at radius 3 is 2.95 bits per heavy atom. The van der Waals surface area contributed by atoms with E-state index in [2.05, 4.69) is 11.9 Å². The number of fused-ring (bicyclic) bond motifs is 1. The first kappa shape index (κ1) is 14.9. The van der Waals surface area contributed by atoms with Crippen LogP contribution >= 0.6 is 0 Å². The van der Waals surface area contributed by atoms with Gasteiger partial charge in [0.15, 0.2) is 11.4 Å². The molecule has 3 rings (SSSR count). The van der Waals surface area contributed by atoms with Crippen LogP contribution in [-0.2, 0) is 6.42 Å². The van der Waals surface area contributed by atoms with Crippen LogP contribution in [0.5, 0.6) is 5.75 Å². The number of carbonyl (C=O) groups excluding carboxylic acids is 1. The summed E-state index contributed by atoms with van der Waals surface area (Å²) in [6.45, 7) is 5.00. The van der Waals surface area contributed by atoms with Gasteiger partial charge in [-0.15, -0.1) is 0 Å². The molecule has 1 amide bonds. The molecule has 118 valence electrons. The quantitative estimate of drug-likeness (QED) is 0.875. The monoisotopic (exact) mass is 301 g/mol. The molecule has 1 atom stereocenters.